The molecule has 3 rings (SSSR count). The van der Waals surface area contributed by atoms with E-state index in [1.54, 1.807) is 23.0 Å². The van der Waals surface area contributed by atoms with E-state index in [9.17, 15) is 14.5 Å². The highest BCUT2D eigenvalue weighted by Gasteiger charge is 2.37. The summed E-state index contributed by atoms with van der Waals surface area (Å²) in [7, 11) is -3.53. The Balaban J connectivity index is 1.74. The summed E-state index contributed by atoms with van der Waals surface area (Å²) in [5.41, 5.74) is 6.27. The summed E-state index contributed by atoms with van der Waals surface area (Å²) in [6.07, 6.45) is 2.30. The Kier molecular flexibility index (Phi) is 7.95. The van der Waals surface area contributed by atoms with E-state index < -0.39 is 25.1 Å². The minimum absolute atomic E-state index is 0.243. The van der Waals surface area contributed by atoms with E-state index >= 15 is 0 Å². The molecule has 0 spiro atoms. The van der Waals surface area contributed by atoms with Crippen LogP contribution >= 0.6 is 19.0 Å². The maximum absolute atomic E-state index is 13.9. The van der Waals surface area contributed by atoms with E-state index in [0.717, 1.165) is 5.56 Å². The third kappa shape index (κ3) is 6.31. The predicted molar refractivity (Wildman–Crippen MR) is 131 cm³/mol. The average molecular weight is 510 g/mol. The first-order valence-electron chi connectivity index (χ1n) is 10.6. The average Bonchev–Trinajstić information content (AvgIpc) is 3.16. The molecule has 13 heteroatoms. The smallest absolute Gasteiger partial charge is 0.323 e. The van der Waals surface area contributed by atoms with Crippen molar-refractivity contribution in [1.82, 2.24) is 29.7 Å². The van der Waals surface area contributed by atoms with Crippen LogP contribution in [0.4, 0.5) is 5.82 Å². The van der Waals surface area contributed by atoms with Crippen molar-refractivity contribution in [1.29, 1.82) is 0 Å². The van der Waals surface area contributed by atoms with Crippen molar-refractivity contribution in [2.75, 3.05) is 12.1 Å². The Morgan fingerprint density at radius 1 is 1.26 bits per heavy atom. The van der Waals surface area contributed by atoms with Crippen molar-refractivity contribution in [2.45, 2.75) is 51.9 Å². The van der Waals surface area contributed by atoms with Crippen molar-refractivity contribution in [3.05, 3.63) is 47.5 Å². The highest BCUT2D eigenvalue weighted by Crippen LogP contribution is 2.42. The number of rotatable bonds is 11. The van der Waals surface area contributed by atoms with Gasteiger partial charge in [-0.05, 0) is 45.4 Å². The Hall–Kier alpha value is -2.56. The summed E-state index contributed by atoms with van der Waals surface area (Å²) in [4.78, 5) is 24.1. The predicted octanol–water partition coefficient (Wildman–Crippen LogP) is 3.42. The first-order chi connectivity index (χ1) is 15.9. The summed E-state index contributed by atoms with van der Waals surface area (Å²) in [5.74, 6) is -0.855. The number of hydrogen-bond acceptors (Lipinski definition) is 7. The van der Waals surface area contributed by atoms with Crippen LogP contribution in [0, 0.1) is 0 Å². The van der Waals surface area contributed by atoms with Crippen molar-refractivity contribution in [3.8, 4) is 0 Å². The largest absolute Gasteiger partial charge is 0.480 e. The Morgan fingerprint density at radius 2 is 1.94 bits per heavy atom. The van der Waals surface area contributed by atoms with Crippen LogP contribution in [0.5, 0.6) is 0 Å². The number of anilines is 1. The van der Waals surface area contributed by atoms with Gasteiger partial charge in [-0.25, -0.2) is 25.1 Å². The fraction of sp³-hybridized carbons (Fsp3) is 0.429. The highest BCUT2D eigenvalue weighted by molar-refractivity contribution is 7.59. The Morgan fingerprint density at radius 3 is 2.59 bits per heavy atom. The molecule has 0 aliphatic heterocycles. The van der Waals surface area contributed by atoms with Crippen molar-refractivity contribution < 1.29 is 19.2 Å². The molecule has 3 atom stereocenters. The van der Waals surface area contributed by atoms with Crippen LogP contribution in [-0.4, -0.2) is 48.6 Å². The summed E-state index contributed by atoms with van der Waals surface area (Å²) in [6, 6.07) is 6.73. The number of nitrogen functional groups attached to an aromatic ring is 1. The second-order valence-electron chi connectivity index (χ2n) is 8.62. The number of nitrogens with one attached hydrogen (secondary N) is 2. The normalized spacial score (nSPS) is 15.7. The van der Waals surface area contributed by atoms with Gasteiger partial charge in [0.25, 0.3) is 0 Å². The molecule has 184 valence electrons. The summed E-state index contributed by atoms with van der Waals surface area (Å²) < 4.78 is 21.5. The van der Waals surface area contributed by atoms with Crippen LogP contribution in [0.25, 0.3) is 11.2 Å². The third-order valence-electron chi connectivity index (χ3n) is 5.19. The van der Waals surface area contributed by atoms with E-state index in [2.05, 4.69) is 25.1 Å². The molecule has 0 bridgehead atoms. The molecule has 0 amide bonds. The van der Waals surface area contributed by atoms with Gasteiger partial charge in [0.2, 0.25) is 7.44 Å². The SMILES string of the molecule is CC(Cn1cnc2c(N)ncnc21)OCP(=O)(N[C@@H](C)c1ccc(Cl)cc1)NC(C)(C)C(=O)O. The van der Waals surface area contributed by atoms with Crippen molar-refractivity contribution in [3.63, 3.8) is 0 Å². The number of benzene rings is 1. The lowest BCUT2D eigenvalue weighted by molar-refractivity contribution is -0.142. The molecule has 2 aromatic heterocycles. The quantitative estimate of drug-likeness (QED) is 0.282. The molecular formula is C21H29ClN7O4P. The zero-order valence-electron chi connectivity index (χ0n) is 19.4. The number of carbonyl (C=O) groups is 1. The van der Waals surface area contributed by atoms with Gasteiger partial charge in [-0.1, -0.05) is 23.7 Å². The molecule has 3 aromatic rings. The molecule has 5 N–H and O–H groups in total. The van der Waals surface area contributed by atoms with Crippen LogP contribution < -0.4 is 15.9 Å². The van der Waals surface area contributed by atoms with Gasteiger partial charge in [0, 0.05) is 11.1 Å². The van der Waals surface area contributed by atoms with Gasteiger partial charge in [0.15, 0.2) is 11.5 Å². The zero-order valence-corrected chi connectivity index (χ0v) is 21.0. The molecule has 1 aromatic carbocycles. The van der Waals surface area contributed by atoms with Crippen LogP contribution in [0.15, 0.2) is 36.9 Å². The van der Waals surface area contributed by atoms with Crippen molar-refractivity contribution in [2.24, 2.45) is 0 Å². The van der Waals surface area contributed by atoms with Gasteiger partial charge in [-0.15, -0.1) is 0 Å². The summed E-state index contributed by atoms with van der Waals surface area (Å²) in [6.45, 7) is 6.90. The first-order valence-corrected chi connectivity index (χ1v) is 12.9. The number of hydrogen-bond donors (Lipinski definition) is 4. The van der Waals surface area contributed by atoms with Gasteiger partial charge in [-0.2, -0.15) is 0 Å². The molecule has 11 nitrogen and oxygen atoms in total. The molecule has 0 saturated heterocycles. The fourth-order valence-electron chi connectivity index (χ4n) is 3.33. The number of ether oxygens (including phenoxy) is 1. The van der Waals surface area contributed by atoms with Gasteiger partial charge in [-0.3, -0.25) is 9.36 Å². The van der Waals surface area contributed by atoms with Gasteiger partial charge in [0.1, 0.15) is 23.7 Å². The number of imidazole rings is 1. The summed E-state index contributed by atoms with van der Waals surface area (Å²) in [5, 5.41) is 16.0. The molecule has 0 radical (unpaired) electrons. The number of carboxylic acid groups (broad SMARTS) is 1. The molecule has 0 saturated carbocycles. The molecule has 0 fully saturated rings. The Labute approximate surface area is 202 Å². The van der Waals surface area contributed by atoms with E-state index in [1.807, 2.05) is 26.0 Å². The summed E-state index contributed by atoms with van der Waals surface area (Å²) >= 11 is 5.97. The molecule has 34 heavy (non-hydrogen) atoms. The van der Waals surface area contributed by atoms with Gasteiger partial charge in [0.05, 0.1) is 19.0 Å². The third-order valence-corrected chi connectivity index (χ3v) is 7.68. The van der Waals surface area contributed by atoms with Crippen LogP contribution in [0.3, 0.4) is 0 Å². The van der Waals surface area contributed by atoms with Gasteiger partial charge < -0.3 is 20.1 Å². The number of carboxylic acids is 1. The Bertz CT molecular complexity index is 1200. The molecule has 0 aliphatic rings. The van der Waals surface area contributed by atoms with Crippen LogP contribution in [0.1, 0.15) is 39.3 Å². The number of nitrogens with two attached hydrogens (primary N) is 1. The highest BCUT2D eigenvalue weighted by atomic mass is 35.5. The monoisotopic (exact) mass is 509 g/mol. The van der Waals surface area contributed by atoms with E-state index in [0.29, 0.717) is 22.7 Å². The number of nitrogens with zero attached hydrogens (tertiary/aromatic N) is 4. The lowest BCUT2D eigenvalue weighted by atomic mass is 10.1. The van der Waals surface area contributed by atoms with Crippen molar-refractivity contribution >= 4 is 42.0 Å². The second-order valence-corrected chi connectivity index (χ2v) is 11.3. The minimum Gasteiger partial charge on any atom is -0.480 e. The standard InChI is InChI=1S/C21H29ClN7O4P/c1-13(9-29-11-26-17-18(23)24-10-25-19(17)29)33-12-34(32,28-21(3,4)20(30)31)27-14(2)15-5-7-16(22)8-6-15/h5-8,10-11,13-14H,9,12H2,1-4H3,(H,30,31)(H2,23,24,25)(H2,27,28,32)/t13?,14-,34?/m0/s1. The minimum atomic E-state index is -3.53. The molecule has 0 aliphatic carbocycles. The van der Waals surface area contributed by atoms with E-state index in [1.165, 1.54) is 20.2 Å². The molecule has 2 unspecified atom stereocenters. The number of aliphatic carboxylic acids is 1. The number of fused-ring (bicyclic) bond motifs is 1. The molecular weight excluding hydrogens is 481 g/mol. The lowest BCUT2D eigenvalue weighted by Gasteiger charge is -2.32. The zero-order chi connectivity index (χ0) is 25.1. The second kappa shape index (κ2) is 10.4. The van der Waals surface area contributed by atoms with E-state index in [-0.39, 0.29) is 18.2 Å². The maximum Gasteiger partial charge on any atom is 0.323 e. The maximum atomic E-state index is 13.9. The van der Waals surface area contributed by atoms with Crippen LogP contribution in [-0.2, 0) is 20.6 Å². The van der Waals surface area contributed by atoms with Gasteiger partial charge >= 0.3 is 5.97 Å². The fourth-order valence-corrected chi connectivity index (χ4v) is 5.90. The number of halogens is 1. The number of aromatic nitrogens is 4. The van der Waals surface area contributed by atoms with E-state index in [4.69, 9.17) is 22.1 Å². The topological polar surface area (TPSA) is 157 Å². The first kappa shape index (κ1) is 26.1. The van der Waals surface area contributed by atoms with Crippen LogP contribution in [0.2, 0.25) is 5.02 Å². The molecule has 2 heterocycles. The lowest BCUT2D eigenvalue weighted by Crippen LogP contribution is -2.47.